The number of sulfonamides is 1. The molecule has 0 bridgehead atoms. The molecule has 1 aliphatic rings. The molecule has 7 heteroatoms. The summed E-state index contributed by atoms with van der Waals surface area (Å²) in [7, 11) is -3.49. The van der Waals surface area contributed by atoms with Crippen LogP contribution in [0.25, 0.3) is 0 Å². The highest BCUT2D eigenvalue weighted by Crippen LogP contribution is 2.30. The van der Waals surface area contributed by atoms with E-state index in [0.29, 0.717) is 28.3 Å². The molecule has 1 fully saturated rings. The Morgan fingerprint density at radius 3 is 2.75 bits per heavy atom. The van der Waals surface area contributed by atoms with Gasteiger partial charge in [0.1, 0.15) is 0 Å². The van der Waals surface area contributed by atoms with E-state index in [1.165, 1.54) is 0 Å². The number of hydrogen-bond acceptors (Lipinski definition) is 2. The average molecular weight is 401 g/mol. The highest BCUT2D eigenvalue weighted by molar-refractivity contribution is 9.10. The lowest BCUT2D eigenvalue weighted by molar-refractivity contribution is 0.247. The van der Waals surface area contributed by atoms with Gasteiger partial charge in [-0.2, -0.15) is 4.31 Å². The fourth-order valence-electron chi connectivity index (χ4n) is 2.48. The first kappa shape index (κ1) is 16.6. The molecule has 1 saturated heterocycles. The van der Waals surface area contributed by atoms with Crippen LogP contribution in [0, 0.1) is 0 Å². The second-order valence-electron chi connectivity index (χ2n) is 4.82. The molecule has 0 radical (unpaired) electrons. The van der Waals surface area contributed by atoms with Crippen LogP contribution < -0.4 is 0 Å². The Morgan fingerprint density at radius 2 is 2.10 bits per heavy atom. The Hall–Kier alpha value is 0.190. The normalized spacial score (nSPS) is 21.1. The van der Waals surface area contributed by atoms with E-state index in [0.717, 1.165) is 19.3 Å². The summed E-state index contributed by atoms with van der Waals surface area (Å²) in [5.41, 5.74) is 0. The zero-order valence-electron chi connectivity index (χ0n) is 10.9. The third-order valence-corrected chi connectivity index (χ3v) is 6.89. The summed E-state index contributed by atoms with van der Waals surface area (Å²) >= 11 is 15.0. The molecule has 0 aromatic heterocycles. The summed E-state index contributed by atoms with van der Waals surface area (Å²) < 4.78 is 27.7. The van der Waals surface area contributed by atoms with E-state index in [1.54, 1.807) is 22.5 Å². The highest BCUT2D eigenvalue weighted by Gasteiger charge is 2.33. The van der Waals surface area contributed by atoms with Crippen LogP contribution in [0.15, 0.2) is 27.6 Å². The van der Waals surface area contributed by atoms with E-state index in [4.69, 9.17) is 23.2 Å². The monoisotopic (exact) mass is 399 g/mol. The number of halogens is 3. The maximum absolute atomic E-state index is 12.8. The van der Waals surface area contributed by atoms with Gasteiger partial charge in [-0.15, -0.1) is 11.6 Å². The van der Waals surface area contributed by atoms with Crippen LogP contribution in [-0.2, 0) is 10.0 Å². The van der Waals surface area contributed by atoms with E-state index in [-0.39, 0.29) is 10.9 Å². The lowest BCUT2D eigenvalue weighted by atomic mass is 10.0. The molecule has 0 spiro atoms. The number of alkyl halides is 1. The number of rotatable bonds is 4. The second kappa shape index (κ2) is 6.97. The van der Waals surface area contributed by atoms with Gasteiger partial charge in [-0.25, -0.2) is 8.42 Å². The highest BCUT2D eigenvalue weighted by atomic mass is 79.9. The maximum atomic E-state index is 12.8. The van der Waals surface area contributed by atoms with Gasteiger partial charge in [-0.3, -0.25) is 0 Å². The van der Waals surface area contributed by atoms with Crippen molar-refractivity contribution in [2.24, 2.45) is 0 Å². The zero-order chi connectivity index (χ0) is 14.8. The summed E-state index contributed by atoms with van der Waals surface area (Å²) in [6.07, 6.45) is 3.51. The molecule has 112 valence electrons. The molecular weight excluding hydrogens is 385 g/mol. The minimum atomic E-state index is -3.49. The zero-order valence-corrected chi connectivity index (χ0v) is 14.8. The van der Waals surface area contributed by atoms with Crippen molar-refractivity contribution in [1.29, 1.82) is 0 Å². The summed E-state index contributed by atoms with van der Waals surface area (Å²) in [6, 6.07) is 4.71. The maximum Gasteiger partial charge on any atom is 0.243 e. The van der Waals surface area contributed by atoms with E-state index < -0.39 is 10.0 Å². The molecule has 1 atom stereocenters. The van der Waals surface area contributed by atoms with Gasteiger partial charge >= 0.3 is 0 Å². The third-order valence-electron chi connectivity index (χ3n) is 3.51. The van der Waals surface area contributed by atoms with Crippen LogP contribution in [0.1, 0.15) is 25.7 Å². The Morgan fingerprint density at radius 1 is 1.35 bits per heavy atom. The van der Waals surface area contributed by atoms with Gasteiger partial charge in [0.05, 0.1) is 9.92 Å². The van der Waals surface area contributed by atoms with Gasteiger partial charge in [-0.05, 0) is 53.4 Å². The van der Waals surface area contributed by atoms with Gasteiger partial charge in [0.15, 0.2) is 0 Å². The molecular formula is C13H16BrCl2NO2S. The fraction of sp³-hybridized carbons (Fsp3) is 0.538. The minimum Gasteiger partial charge on any atom is -0.207 e. The summed E-state index contributed by atoms with van der Waals surface area (Å²) in [5, 5.41) is 0.500. The van der Waals surface area contributed by atoms with Crippen LogP contribution >= 0.6 is 39.1 Å². The van der Waals surface area contributed by atoms with Crippen molar-refractivity contribution in [3.63, 3.8) is 0 Å². The van der Waals surface area contributed by atoms with Crippen molar-refractivity contribution in [3.8, 4) is 0 Å². The van der Waals surface area contributed by atoms with Crippen LogP contribution in [-0.4, -0.2) is 31.2 Å². The third kappa shape index (κ3) is 3.50. The van der Waals surface area contributed by atoms with Crippen molar-refractivity contribution in [3.05, 3.63) is 27.7 Å². The number of hydrogen-bond donors (Lipinski definition) is 0. The molecule has 0 saturated carbocycles. The first-order valence-electron chi connectivity index (χ1n) is 6.49. The molecule has 1 unspecified atom stereocenters. The molecule has 1 aromatic carbocycles. The first-order chi connectivity index (χ1) is 9.46. The Labute approximate surface area is 138 Å². The van der Waals surface area contributed by atoms with Crippen LogP contribution in [0.5, 0.6) is 0 Å². The molecule has 0 aliphatic carbocycles. The lowest BCUT2D eigenvalue weighted by Crippen LogP contribution is -2.43. The molecule has 1 aromatic rings. The van der Waals surface area contributed by atoms with Gasteiger partial charge in [-0.1, -0.05) is 18.0 Å². The van der Waals surface area contributed by atoms with E-state index >= 15 is 0 Å². The van der Waals surface area contributed by atoms with Crippen LogP contribution in [0.3, 0.4) is 0 Å². The van der Waals surface area contributed by atoms with E-state index in [1.807, 2.05) is 0 Å². The van der Waals surface area contributed by atoms with Crippen molar-refractivity contribution in [1.82, 2.24) is 4.31 Å². The van der Waals surface area contributed by atoms with Gasteiger partial charge in [0, 0.05) is 22.9 Å². The van der Waals surface area contributed by atoms with E-state index in [2.05, 4.69) is 15.9 Å². The number of piperidine rings is 1. The molecule has 2 rings (SSSR count). The topological polar surface area (TPSA) is 37.4 Å². The fourth-order valence-corrected chi connectivity index (χ4v) is 5.13. The van der Waals surface area contributed by atoms with Crippen molar-refractivity contribution >= 4 is 49.2 Å². The average Bonchev–Trinajstić information content (AvgIpc) is 2.42. The number of nitrogens with zero attached hydrogens (tertiary/aromatic N) is 1. The predicted octanol–water partition coefficient (Wildman–Crippen LogP) is 4.27. The Bertz CT molecular complexity index is 578. The Balaban J connectivity index is 2.34. The van der Waals surface area contributed by atoms with Crippen molar-refractivity contribution in [2.75, 3.05) is 12.4 Å². The summed E-state index contributed by atoms with van der Waals surface area (Å²) in [5.74, 6) is 0.473. The van der Waals surface area contributed by atoms with E-state index in [9.17, 15) is 8.42 Å². The molecule has 0 N–H and O–H groups in total. The van der Waals surface area contributed by atoms with Crippen LogP contribution in [0.2, 0.25) is 5.02 Å². The smallest absolute Gasteiger partial charge is 0.207 e. The summed E-state index contributed by atoms with van der Waals surface area (Å²) in [4.78, 5) is 0.273. The Kier molecular flexibility index (Phi) is 5.77. The first-order valence-corrected chi connectivity index (χ1v) is 9.64. The van der Waals surface area contributed by atoms with Crippen LogP contribution in [0.4, 0.5) is 0 Å². The van der Waals surface area contributed by atoms with Gasteiger partial charge < -0.3 is 0 Å². The molecule has 1 heterocycles. The van der Waals surface area contributed by atoms with Crippen molar-refractivity contribution < 1.29 is 8.42 Å². The standard InChI is InChI=1S/C13H16BrCl2NO2S/c14-12-9-11(4-5-13(12)16)20(18,19)17-8-2-1-3-10(17)6-7-15/h4-5,9-10H,1-3,6-8H2. The van der Waals surface area contributed by atoms with Gasteiger partial charge in [0.25, 0.3) is 0 Å². The molecule has 1 aliphatic heterocycles. The molecule has 20 heavy (non-hydrogen) atoms. The minimum absolute atomic E-state index is 0.000651. The van der Waals surface area contributed by atoms with Crippen molar-refractivity contribution in [2.45, 2.75) is 36.6 Å². The quantitative estimate of drug-likeness (QED) is 0.707. The lowest BCUT2D eigenvalue weighted by Gasteiger charge is -2.34. The second-order valence-corrected chi connectivity index (χ2v) is 8.35. The summed E-state index contributed by atoms with van der Waals surface area (Å²) in [6.45, 7) is 0.560. The SMILES string of the molecule is O=S(=O)(c1ccc(Cl)c(Br)c1)N1CCCCC1CCCl. The number of benzene rings is 1. The van der Waals surface area contributed by atoms with Gasteiger partial charge in [0.2, 0.25) is 10.0 Å². The molecule has 0 amide bonds. The largest absolute Gasteiger partial charge is 0.243 e. The predicted molar refractivity (Wildman–Crippen MR) is 86.0 cm³/mol. The molecule has 3 nitrogen and oxygen atoms in total.